The van der Waals surface area contributed by atoms with Crippen LogP contribution in [-0.4, -0.2) is 21.7 Å². The minimum Gasteiger partial charge on any atom is -0.489 e. The number of hydrogen-bond donors (Lipinski definition) is 1. The van der Waals surface area contributed by atoms with Crippen LogP contribution in [-0.2, 0) is 0 Å². The number of hydrogen-bond acceptors (Lipinski definition) is 7. The second kappa shape index (κ2) is 8.26. The molecule has 0 unspecified atom stereocenters. The molecule has 0 radical (unpaired) electrons. The highest BCUT2D eigenvalue weighted by Crippen LogP contribution is 2.31. The minimum absolute atomic E-state index is 0.288. The fourth-order valence-electron chi connectivity index (χ4n) is 2.63. The van der Waals surface area contributed by atoms with E-state index in [9.17, 15) is 0 Å². The monoisotopic (exact) mass is 386 g/mol. The molecule has 2 aromatic carbocycles. The maximum Gasteiger partial charge on any atom is 0.263 e. The Balaban J connectivity index is 1.56. The number of benzene rings is 2. The first kappa shape index (κ1) is 18.2. The van der Waals surface area contributed by atoms with E-state index in [1.54, 1.807) is 18.3 Å². The Morgan fingerprint density at radius 1 is 1.03 bits per heavy atom. The van der Waals surface area contributed by atoms with E-state index < -0.39 is 0 Å². The summed E-state index contributed by atoms with van der Waals surface area (Å²) in [4.78, 5) is 8.54. The maximum absolute atomic E-state index is 5.80. The number of nitrogens with two attached hydrogens (primary N) is 1. The minimum atomic E-state index is 0.288. The number of anilines is 1. The molecule has 4 rings (SSSR count). The summed E-state index contributed by atoms with van der Waals surface area (Å²) in [5, 5.41) is 4.06. The summed E-state index contributed by atoms with van der Waals surface area (Å²) < 4.78 is 16.8. The van der Waals surface area contributed by atoms with Gasteiger partial charge in [-0.1, -0.05) is 36.0 Å². The van der Waals surface area contributed by atoms with Gasteiger partial charge < -0.3 is 19.7 Å². The second-order valence-corrected chi connectivity index (χ2v) is 6.07. The topological polar surface area (TPSA) is 96.3 Å². The molecular weight excluding hydrogens is 368 g/mol. The molecule has 0 saturated carbocycles. The predicted octanol–water partition coefficient (Wildman–Crippen LogP) is 4.74. The van der Waals surface area contributed by atoms with E-state index in [0.29, 0.717) is 35.3 Å². The fraction of sp³-hybridized carbons (Fsp3) is 0.0455. The van der Waals surface area contributed by atoms with E-state index in [1.165, 1.54) is 0 Å². The van der Waals surface area contributed by atoms with Gasteiger partial charge >= 0.3 is 0 Å². The van der Waals surface area contributed by atoms with Gasteiger partial charge in [0.1, 0.15) is 35.2 Å². The summed E-state index contributed by atoms with van der Waals surface area (Å²) >= 11 is 0. The molecule has 0 aliphatic heterocycles. The number of nitrogen functional groups attached to an aromatic ring is 1. The van der Waals surface area contributed by atoms with E-state index in [4.69, 9.17) is 19.7 Å². The summed E-state index contributed by atoms with van der Waals surface area (Å²) in [5.74, 6) is 3.05. The molecule has 0 aliphatic rings. The van der Waals surface area contributed by atoms with Crippen LogP contribution in [0.2, 0.25) is 0 Å². The van der Waals surface area contributed by atoms with Crippen molar-refractivity contribution in [2.45, 2.75) is 0 Å². The van der Waals surface area contributed by atoms with Gasteiger partial charge in [-0.3, -0.25) is 0 Å². The molecule has 0 bridgehead atoms. The predicted molar refractivity (Wildman–Crippen MR) is 110 cm³/mol. The van der Waals surface area contributed by atoms with Crippen LogP contribution in [0.3, 0.4) is 0 Å². The van der Waals surface area contributed by atoms with Crippen LogP contribution in [0, 0.1) is 0 Å². The molecule has 2 aromatic heterocycles. The Bertz CT molecular complexity index is 1110. The smallest absolute Gasteiger partial charge is 0.263 e. The molecule has 7 heteroatoms. The molecule has 4 aromatic rings. The highest BCUT2D eigenvalue weighted by molar-refractivity contribution is 5.66. The lowest BCUT2D eigenvalue weighted by molar-refractivity contribution is 0.361. The van der Waals surface area contributed by atoms with Crippen molar-refractivity contribution in [3.8, 4) is 40.1 Å². The van der Waals surface area contributed by atoms with E-state index in [1.807, 2.05) is 54.6 Å². The van der Waals surface area contributed by atoms with E-state index in [0.717, 1.165) is 11.3 Å². The third kappa shape index (κ3) is 4.24. The molecule has 7 nitrogen and oxygen atoms in total. The van der Waals surface area contributed by atoms with Gasteiger partial charge in [-0.05, 0) is 36.4 Å². The maximum atomic E-state index is 5.80. The zero-order valence-electron chi connectivity index (χ0n) is 15.5. The van der Waals surface area contributed by atoms with E-state index in [2.05, 4.69) is 21.7 Å². The lowest BCUT2D eigenvalue weighted by Gasteiger charge is -2.07. The second-order valence-electron chi connectivity index (χ2n) is 6.07. The molecule has 2 N–H and O–H groups in total. The number of ether oxygens (including phenoxy) is 2. The highest BCUT2D eigenvalue weighted by atomic mass is 16.5. The summed E-state index contributed by atoms with van der Waals surface area (Å²) in [6, 6.07) is 18.6. The first-order valence-electron chi connectivity index (χ1n) is 8.89. The van der Waals surface area contributed by atoms with Crippen LogP contribution in [0.5, 0.6) is 17.2 Å². The van der Waals surface area contributed by atoms with Crippen molar-refractivity contribution in [2.24, 2.45) is 0 Å². The van der Waals surface area contributed by atoms with E-state index >= 15 is 0 Å². The van der Waals surface area contributed by atoms with Crippen LogP contribution in [0.1, 0.15) is 0 Å². The lowest BCUT2D eigenvalue weighted by Crippen LogP contribution is -1.98. The van der Waals surface area contributed by atoms with Crippen molar-refractivity contribution in [3.05, 3.63) is 79.5 Å². The zero-order chi connectivity index (χ0) is 20.1. The van der Waals surface area contributed by atoms with Gasteiger partial charge in [0.25, 0.3) is 5.89 Å². The van der Waals surface area contributed by atoms with Crippen molar-refractivity contribution in [2.75, 3.05) is 12.3 Å². The molecule has 0 spiro atoms. The first-order chi connectivity index (χ1) is 14.2. The summed E-state index contributed by atoms with van der Waals surface area (Å²) in [7, 11) is 0. The van der Waals surface area contributed by atoms with Gasteiger partial charge in [0, 0.05) is 17.8 Å². The van der Waals surface area contributed by atoms with Crippen molar-refractivity contribution in [1.29, 1.82) is 0 Å². The lowest BCUT2D eigenvalue weighted by atomic mass is 10.2. The van der Waals surface area contributed by atoms with Gasteiger partial charge in [0.15, 0.2) is 0 Å². The molecular formula is C22H18N4O3. The van der Waals surface area contributed by atoms with Gasteiger partial charge in [-0.2, -0.15) is 4.98 Å². The Labute approximate surface area is 167 Å². The molecule has 0 aliphatic carbocycles. The Morgan fingerprint density at radius 3 is 2.55 bits per heavy atom. The summed E-state index contributed by atoms with van der Waals surface area (Å²) in [6.45, 7) is 3.96. The van der Waals surface area contributed by atoms with Gasteiger partial charge in [-0.15, -0.1) is 0 Å². The van der Waals surface area contributed by atoms with Crippen LogP contribution >= 0.6 is 0 Å². The largest absolute Gasteiger partial charge is 0.489 e. The molecule has 0 atom stereocenters. The number of pyridine rings is 1. The SMILES string of the molecule is C=CCOc1cc(N)ncc1-c1nc(-c2ccc(Oc3ccccc3)cc2)no1. The first-order valence-corrected chi connectivity index (χ1v) is 8.89. The number of rotatable bonds is 7. The average molecular weight is 386 g/mol. The number of para-hydroxylation sites is 1. The fourth-order valence-corrected chi connectivity index (χ4v) is 2.63. The molecule has 2 heterocycles. The van der Waals surface area contributed by atoms with E-state index in [-0.39, 0.29) is 5.89 Å². The third-order valence-electron chi connectivity index (χ3n) is 3.99. The number of aromatic nitrogens is 3. The van der Waals surface area contributed by atoms with Gasteiger partial charge in [0.2, 0.25) is 5.82 Å². The van der Waals surface area contributed by atoms with Crippen molar-refractivity contribution < 1.29 is 14.0 Å². The number of nitrogens with zero attached hydrogens (tertiary/aromatic N) is 3. The standard InChI is InChI=1S/C22H18N4O3/c1-2-12-27-19-13-20(23)24-14-18(19)22-25-21(26-29-22)15-8-10-17(11-9-15)28-16-6-4-3-5-7-16/h2-11,13-14H,1,12H2,(H2,23,24). The van der Waals surface area contributed by atoms with Crippen LogP contribution in [0.15, 0.2) is 84.0 Å². The average Bonchev–Trinajstić information content (AvgIpc) is 3.23. The molecule has 0 saturated heterocycles. The molecule has 0 fully saturated rings. The summed E-state index contributed by atoms with van der Waals surface area (Å²) in [6.07, 6.45) is 3.18. The molecule has 0 amide bonds. The van der Waals surface area contributed by atoms with Crippen molar-refractivity contribution in [3.63, 3.8) is 0 Å². The third-order valence-corrected chi connectivity index (χ3v) is 3.99. The zero-order valence-corrected chi connectivity index (χ0v) is 15.5. The van der Waals surface area contributed by atoms with Crippen LogP contribution < -0.4 is 15.2 Å². The van der Waals surface area contributed by atoms with Gasteiger partial charge in [0.05, 0.1) is 0 Å². The molecule has 29 heavy (non-hydrogen) atoms. The highest BCUT2D eigenvalue weighted by Gasteiger charge is 2.16. The van der Waals surface area contributed by atoms with Gasteiger partial charge in [-0.25, -0.2) is 4.98 Å². The van der Waals surface area contributed by atoms with Crippen LogP contribution in [0.25, 0.3) is 22.8 Å². The van der Waals surface area contributed by atoms with Crippen molar-refractivity contribution in [1.82, 2.24) is 15.1 Å². The quantitative estimate of drug-likeness (QED) is 0.458. The normalized spacial score (nSPS) is 10.5. The Kier molecular flexibility index (Phi) is 5.20. The Hall–Kier alpha value is -4.13. The summed E-state index contributed by atoms with van der Waals surface area (Å²) in [5.41, 5.74) is 7.10. The van der Waals surface area contributed by atoms with Crippen molar-refractivity contribution >= 4 is 5.82 Å². The Morgan fingerprint density at radius 2 is 1.79 bits per heavy atom. The van der Waals surface area contributed by atoms with Crippen LogP contribution in [0.4, 0.5) is 5.82 Å². The molecule has 144 valence electrons.